The van der Waals surface area contributed by atoms with Crippen molar-refractivity contribution < 1.29 is 18.0 Å². The highest BCUT2D eigenvalue weighted by molar-refractivity contribution is 6.33. The van der Waals surface area contributed by atoms with Crippen LogP contribution in [0, 0.1) is 0 Å². The number of hydrogen-bond donors (Lipinski definition) is 1. The maximum absolute atomic E-state index is 12.7. The number of carbonyl (C=O) groups excluding carboxylic acids is 1. The lowest BCUT2D eigenvalue weighted by Gasteiger charge is -2.35. The molecule has 2 amide bonds. The molecule has 0 radical (unpaired) electrons. The Kier molecular flexibility index (Phi) is 6.28. The highest BCUT2D eigenvalue weighted by atomic mass is 35.5. The van der Waals surface area contributed by atoms with Crippen molar-refractivity contribution in [2.24, 2.45) is 0 Å². The predicted octanol–water partition coefficient (Wildman–Crippen LogP) is 2.87. The average Bonchev–Trinajstić information content (AvgIpc) is 3.18. The number of amides is 2. The SMILES string of the molecule is O=C(NCCCn1cccn1)N1CCN(c2ncc(C(F)(F)F)cc2Cl)CC1. The number of hydrogen-bond acceptors (Lipinski definition) is 4. The lowest BCUT2D eigenvalue weighted by atomic mass is 10.2. The molecule has 0 aromatic carbocycles. The largest absolute Gasteiger partial charge is 0.417 e. The number of nitrogens with zero attached hydrogens (tertiary/aromatic N) is 5. The topological polar surface area (TPSA) is 66.3 Å². The molecule has 0 bridgehead atoms. The Morgan fingerprint density at radius 3 is 2.61 bits per heavy atom. The summed E-state index contributed by atoms with van der Waals surface area (Å²) in [4.78, 5) is 19.6. The van der Waals surface area contributed by atoms with Gasteiger partial charge in [0, 0.05) is 57.9 Å². The highest BCUT2D eigenvalue weighted by Gasteiger charge is 2.32. The monoisotopic (exact) mass is 416 g/mol. The van der Waals surface area contributed by atoms with Crippen LogP contribution in [0.5, 0.6) is 0 Å². The van der Waals surface area contributed by atoms with Gasteiger partial charge in [0.1, 0.15) is 5.82 Å². The molecule has 0 unspecified atom stereocenters. The molecular formula is C17H20ClF3N6O. The van der Waals surface area contributed by atoms with Gasteiger partial charge >= 0.3 is 12.2 Å². The molecule has 28 heavy (non-hydrogen) atoms. The van der Waals surface area contributed by atoms with E-state index in [1.807, 2.05) is 12.3 Å². The second kappa shape index (κ2) is 8.68. The van der Waals surface area contributed by atoms with E-state index in [2.05, 4.69) is 15.4 Å². The fourth-order valence-corrected chi connectivity index (χ4v) is 3.21. The zero-order valence-corrected chi connectivity index (χ0v) is 15.7. The molecule has 7 nitrogen and oxygen atoms in total. The summed E-state index contributed by atoms with van der Waals surface area (Å²) in [5.74, 6) is 0.300. The van der Waals surface area contributed by atoms with Crippen LogP contribution >= 0.6 is 11.6 Å². The number of aryl methyl sites for hydroxylation is 1. The number of piperazine rings is 1. The fraction of sp³-hybridized carbons (Fsp3) is 0.471. The number of nitrogens with one attached hydrogen (secondary N) is 1. The molecule has 11 heteroatoms. The predicted molar refractivity (Wildman–Crippen MR) is 98.3 cm³/mol. The number of alkyl halides is 3. The first-order chi connectivity index (χ1) is 13.3. The van der Waals surface area contributed by atoms with Crippen molar-refractivity contribution >= 4 is 23.4 Å². The standard InChI is InChI=1S/C17H20ClF3N6O/c18-14-11-13(17(19,20)21)12-23-15(14)25-7-9-26(10-8-25)16(28)22-3-1-5-27-6-2-4-24-27/h2,4,6,11-12H,1,3,5,7-10H2,(H,22,28). The zero-order chi connectivity index (χ0) is 20.1. The quantitative estimate of drug-likeness (QED) is 0.761. The van der Waals surface area contributed by atoms with Crippen molar-refractivity contribution in [2.45, 2.75) is 19.1 Å². The smallest absolute Gasteiger partial charge is 0.352 e. The fourth-order valence-electron chi connectivity index (χ4n) is 2.92. The highest BCUT2D eigenvalue weighted by Crippen LogP contribution is 2.33. The Morgan fingerprint density at radius 2 is 2.00 bits per heavy atom. The van der Waals surface area contributed by atoms with E-state index in [-0.39, 0.29) is 11.1 Å². The molecule has 1 aliphatic heterocycles. The van der Waals surface area contributed by atoms with E-state index in [1.165, 1.54) is 0 Å². The van der Waals surface area contributed by atoms with Crippen molar-refractivity contribution in [1.29, 1.82) is 0 Å². The van der Waals surface area contributed by atoms with Gasteiger partial charge in [-0.2, -0.15) is 18.3 Å². The first-order valence-electron chi connectivity index (χ1n) is 8.82. The van der Waals surface area contributed by atoms with Crippen molar-refractivity contribution in [1.82, 2.24) is 25.0 Å². The molecule has 2 aromatic rings. The second-order valence-electron chi connectivity index (χ2n) is 6.36. The van der Waals surface area contributed by atoms with Crippen LogP contribution in [0.25, 0.3) is 0 Å². The molecule has 0 atom stereocenters. The van der Waals surface area contributed by atoms with Gasteiger partial charge in [-0.15, -0.1) is 0 Å². The number of anilines is 1. The molecule has 1 fully saturated rings. The van der Waals surface area contributed by atoms with Crippen LogP contribution in [-0.4, -0.2) is 58.4 Å². The summed E-state index contributed by atoms with van der Waals surface area (Å²) in [6.07, 6.45) is 0.624. The zero-order valence-electron chi connectivity index (χ0n) is 15.0. The van der Waals surface area contributed by atoms with Crippen LogP contribution in [0.3, 0.4) is 0 Å². The molecule has 0 saturated carbocycles. The molecule has 0 spiro atoms. The van der Waals surface area contributed by atoms with Gasteiger partial charge in [0.2, 0.25) is 0 Å². The maximum Gasteiger partial charge on any atom is 0.417 e. The van der Waals surface area contributed by atoms with Gasteiger partial charge in [0.05, 0.1) is 10.6 Å². The molecule has 2 aromatic heterocycles. The number of rotatable bonds is 5. The van der Waals surface area contributed by atoms with Crippen molar-refractivity contribution in [3.63, 3.8) is 0 Å². The number of aromatic nitrogens is 3. The van der Waals surface area contributed by atoms with Crippen LogP contribution < -0.4 is 10.2 Å². The van der Waals surface area contributed by atoms with Crippen molar-refractivity contribution in [2.75, 3.05) is 37.6 Å². The first kappa shape index (κ1) is 20.2. The molecule has 3 rings (SSSR count). The number of carbonyl (C=O) groups is 1. The third-order valence-corrected chi connectivity index (χ3v) is 4.69. The minimum atomic E-state index is -4.48. The van der Waals surface area contributed by atoms with Crippen molar-refractivity contribution in [3.8, 4) is 0 Å². The van der Waals surface area contributed by atoms with Crippen LogP contribution in [0.15, 0.2) is 30.7 Å². The third kappa shape index (κ3) is 5.06. The Bertz CT molecular complexity index is 791. The van der Waals surface area contributed by atoms with E-state index in [0.29, 0.717) is 38.5 Å². The van der Waals surface area contributed by atoms with Crippen LogP contribution in [0.4, 0.5) is 23.8 Å². The molecular weight excluding hydrogens is 397 g/mol. The molecule has 3 heterocycles. The summed E-state index contributed by atoms with van der Waals surface area (Å²) >= 11 is 5.99. The summed E-state index contributed by atoms with van der Waals surface area (Å²) < 4.78 is 40.0. The van der Waals surface area contributed by atoms with Gasteiger partial charge in [-0.05, 0) is 18.6 Å². The Balaban J connectivity index is 1.45. The Morgan fingerprint density at radius 1 is 1.25 bits per heavy atom. The summed E-state index contributed by atoms with van der Waals surface area (Å²) in [6.45, 7) is 3.01. The van der Waals surface area contributed by atoms with E-state index < -0.39 is 11.7 Å². The van der Waals surface area contributed by atoms with E-state index >= 15 is 0 Å². The van der Waals surface area contributed by atoms with Gasteiger partial charge in [0.25, 0.3) is 0 Å². The molecule has 1 aliphatic rings. The first-order valence-corrected chi connectivity index (χ1v) is 9.20. The average molecular weight is 417 g/mol. The van der Waals surface area contributed by atoms with Crippen LogP contribution in [-0.2, 0) is 12.7 Å². The molecule has 1 saturated heterocycles. The number of urea groups is 1. The van der Waals surface area contributed by atoms with Gasteiger partial charge in [0.15, 0.2) is 0 Å². The van der Waals surface area contributed by atoms with Crippen LogP contribution in [0.1, 0.15) is 12.0 Å². The summed E-state index contributed by atoms with van der Waals surface area (Å²) in [7, 11) is 0. The molecule has 0 aliphatic carbocycles. The van der Waals surface area contributed by atoms with Gasteiger partial charge in [-0.3, -0.25) is 4.68 Å². The van der Waals surface area contributed by atoms with Gasteiger partial charge in [-0.1, -0.05) is 11.6 Å². The molecule has 152 valence electrons. The van der Waals surface area contributed by atoms with E-state index in [1.54, 1.807) is 20.7 Å². The van der Waals surface area contributed by atoms with Crippen molar-refractivity contribution in [3.05, 3.63) is 41.3 Å². The lowest BCUT2D eigenvalue weighted by molar-refractivity contribution is -0.137. The summed E-state index contributed by atoms with van der Waals surface area (Å²) in [5.41, 5.74) is -0.880. The molecule has 1 N–H and O–H groups in total. The van der Waals surface area contributed by atoms with Crippen LogP contribution in [0.2, 0.25) is 5.02 Å². The minimum Gasteiger partial charge on any atom is -0.352 e. The number of pyridine rings is 1. The second-order valence-corrected chi connectivity index (χ2v) is 6.76. The lowest BCUT2D eigenvalue weighted by Crippen LogP contribution is -2.52. The summed E-state index contributed by atoms with van der Waals surface area (Å²) in [5, 5.41) is 6.91. The maximum atomic E-state index is 12.7. The van der Waals surface area contributed by atoms with Gasteiger partial charge in [-0.25, -0.2) is 9.78 Å². The van der Waals surface area contributed by atoms with E-state index in [4.69, 9.17) is 11.6 Å². The number of halogens is 4. The normalized spacial score (nSPS) is 15.0. The Hall–Kier alpha value is -2.49. The van der Waals surface area contributed by atoms with Gasteiger partial charge < -0.3 is 15.1 Å². The van der Waals surface area contributed by atoms with E-state index in [0.717, 1.165) is 25.2 Å². The summed E-state index contributed by atoms with van der Waals surface area (Å²) in [6, 6.07) is 2.56. The van der Waals surface area contributed by atoms with E-state index in [9.17, 15) is 18.0 Å². The third-order valence-electron chi connectivity index (χ3n) is 4.41. The Labute approximate surface area is 165 Å². The minimum absolute atomic E-state index is 0.0497.